The molecule has 12 atom stereocenters. The van der Waals surface area contributed by atoms with E-state index in [2.05, 4.69) is 42.5 Å². The monoisotopic (exact) mass is 1110 g/mol. The molecule has 0 aromatic carbocycles. The van der Waals surface area contributed by atoms with Gasteiger partial charge in [0, 0.05) is 19.4 Å². The average molecular weight is 1110 g/mol. The molecule has 0 saturated carbocycles. The molecule has 0 spiro atoms. The number of hydrogen-bond donors (Lipinski definition) is 13. The summed E-state index contributed by atoms with van der Waals surface area (Å²) in [7, 11) is 0. The summed E-state index contributed by atoms with van der Waals surface area (Å²) >= 11 is 0. The van der Waals surface area contributed by atoms with Crippen molar-refractivity contribution in [2.75, 3.05) is 6.54 Å². The van der Waals surface area contributed by atoms with E-state index in [1.54, 1.807) is 69.2 Å². The topological polar surface area (TPSA) is 434 Å². The summed E-state index contributed by atoms with van der Waals surface area (Å²) in [6, 6.07) is -13.2. The number of primary amides is 1. The number of likely N-dealkylation sites (tertiary alicyclic amines) is 1. The number of carboxylic acid groups (broad SMARTS) is 3. The second-order valence-corrected chi connectivity index (χ2v) is 21.4. The number of aliphatic carboxylic acids is 3. The van der Waals surface area contributed by atoms with Crippen molar-refractivity contribution >= 4 is 77.0 Å². The van der Waals surface area contributed by atoms with Crippen molar-refractivity contribution < 1.29 is 77.6 Å². The smallest absolute Gasteiger partial charge is 0.326 e. The van der Waals surface area contributed by atoms with Gasteiger partial charge in [-0.2, -0.15) is 0 Å². The first-order valence-electron chi connectivity index (χ1n) is 26.7. The van der Waals surface area contributed by atoms with Crippen molar-refractivity contribution in [3.8, 4) is 0 Å². The van der Waals surface area contributed by atoms with Gasteiger partial charge in [0.25, 0.3) is 0 Å². The normalized spacial score (nSPS) is 17.5. The highest BCUT2D eigenvalue weighted by molar-refractivity contribution is 5.99. The maximum Gasteiger partial charge on any atom is 0.326 e. The Hall–Kier alpha value is -6.93. The number of hydrogen-bond acceptors (Lipinski definition) is 14. The van der Waals surface area contributed by atoms with E-state index in [1.165, 1.54) is 11.8 Å². The number of nitrogens with one attached hydrogen (secondary N) is 8. The Balaban J connectivity index is 3.32. The number of amides is 10. The van der Waals surface area contributed by atoms with Gasteiger partial charge in [-0.3, -0.25) is 57.5 Å². The van der Waals surface area contributed by atoms with E-state index in [0.717, 1.165) is 0 Å². The molecule has 0 aromatic rings. The highest BCUT2D eigenvalue weighted by Crippen LogP contribution is 2.22. The fraction of sp³-hybridized carbons (Fsp3) is 0.745. The van der Waals surface area contributed by atoms with Gasteiger partial charge in [0.05, 0.1) is 12.5 Å². The van der Waals surface area contributed by atoms with Crippen LogP contribution in [0.15, 0.2) is 0 Å². The predicted molar refractivity (Wildman–Crippen MR) is 282 cm³/mol. The van der Waals surface area contributed by atoms with Gasteiger partial charge in [-0.15, -0.1) is 0 Å². The van der Waals surface area contributed by atoms with Crippen molar-refractivity contribution in [2.24, 2.45) is 41.1 Å². The van der Waals surface area contributed by atoms with E-state index in [1.807, 2.05) is 0 Å². The number of rotatable bonds is 35. The van der Waals surface area contributed by atoms with Crippen LogP contribution in [0.5, 0.6) is 0 Å². The van der Waals surface area contributed by atoms with E-state index in [9.17, 15) is 72.5 Å². The van der Waals surface area contributed by atoms with Crippen LogP contribution in [-0.2, 0) is 62.3 Å². The molecule has 27 heteroatoms. The Morgan fingerprint density at radius 3 is 1.40 bits per heavy atom. The zero-order valence-electron chi connectivity index (χ0n) is 46.9. The summed E-state index contributed by atoms with van der Waals surface area (Å²) in [4.78, 5) is 171. The van der Waals surface area contributed by atoms with Crippen LogP contribution in [0.1, 0.15) is 147 Å². The fourth-order valence-corrected chi connectivity index (χ4v) is 8.41. The number of carbonyl (C=O) groups excluding carboxylic acids is 10. The van der Waals surface area contributed by atoms with Gasteiger partial charge in [0.1, 0.15) is 54.4 Å². The first kappa shape index (κ1) is 69.1. The third kappa shape index (κ3) is 23.4. The standard InChI is InChI=1S/C51H87N11O16/c1-12-27(9)40(49(75)57-33(22-25(5)6)45(71)58-34(51(77)78)23-36(53)63)60-42(68)29(11)54-44(70)32(21-24(3)4)56-47(73)39(26(7)8)59-46(72)35-15-14-20-62(35)50(76)31(17-19-38(66)67)55-48(74)41(28(10)13-2)61-43(69)30(52)16-18-37(64)65/h24-35,39-41H,12-23,52H2,1-11H3,(H2,53,63)(H,54,70)(H,55,74)(H,56,73)(H,57,75)(H,58,71)(H,59,72)(H,60,68)(H,61,69)(H,64,65)(H,66,67)(H,77,78)/t27-,28-,29-,30-,31-,32-,33-,34-,35-,39-,40-,41-/m0/s1. The molecule has 0 aromatic heterocycles. The van der Waals surface area contributed by atoms with Crippen LogP contribution in [0.4, 0.5) is 0 Å². The summed E-state index contributed by atoms with van der Waals surface area (Å²) in [5, 5.41) is 48.6. The van der Waals surface area contributed by atoms with Crippen LogP contribution < -0.4 is 54.0 Å². The third-order valence-electron chi connectivity index (χ3n) is 13.4. The molecule has 1 aliphatic rings. The Morgan fingerprint density at radius 1 is 0.526 bits per heavy atom. The molecule has 0 bridgehead atoms. The van der Waals surface area contributed by atoms with Crippen molar-refractivity contribution in [3.63, 3.8) is 0 Å². The van der Waals surface area contributed by atoms with Crippen LogP contribution in [-0.4, -0.2) is 164 Å². The summed E-state index contributed by atoms with van der Waals surface area (Å²) in [6.07, 6.45) is -0.990. The van der Waals surface area contributed by atoms with Crippen LogP contribution in [0.2, 0.25) is 0 Å². The van der Waals surface area contributed by atoms with Gasteiger partial charge >= 0.3 is 17.9 Å². The molecule has 1 rings (SSSR count). The molecule has 15 N–H and O–H groups in total. The Kier molecular flexibility index (Phi) is 29.6. The van der Waals surface area contributed by atoms with Crippen LogP contribution in [0.25, 0.3) is 0 Å². The lowest BCUT2D eigenvalue weighted by atomic mass is 9.96. The zero-order chi connectivity index (χ0) is 59.9. The second-order valence-electron chi connectivity index (χ2n) is 21.4. The first-order chi connectivity index (χ1) is 36.3. The summed E-state index contributed by atoms with van der Waals surface area (Å²) in [6.45, 7) is 18.5. The number of nitrogens with zero attached hydrogens (tertiary/aromatic N) is 1. The quantitative estimate of drug-likeness (QED) is 0.0352. The second kappa shape index (κ2) is 33.4. The van der Waals surface area contributed by atoms with Gasteiger partial charge < -0.3 is 74.2 Å². The van der Waals surface area contributed by atoms with Gasteiger partial charge in [-0.25, -0.2) is 4.79 Å². The average Bonchev–Trinajstić information content (AvgIpc) is 3.85. The molecule has 27 nitrogen and oxygen atoms in total. The third-order valence-corrected chi connectivity index (χ3v) is 13.4. The van der Waals surface area contributed by atoms with E-state index >= 15 is 0 Å². The van der Waals surface area contributed by atoms with Gasteiger partial charge in [-0.05, 0) is 75.0 Å². The molecule has 1 fully saturated rings. The largest absolute Gasteiger partial charge is 0.481 e. The highest BCUT2D eigenvalue weighted by atomic mass is 16.4. The van der Waals surface area contributed by atoms with Crippen molar-refractivity contribution in [2.45, 2.75) is 207 Å². The molecule has 1 saturated heterocycles. The number of carboxylic acids is 3. The predicted octanol–water partition coefficient (Wildman–Crippen LogP) is -1.27. The summed E-state index contributed by atoms with van der Waals surface area (Å²) < 4.78 is 0. The molecule has 10 amide bonds. The minimum absolute atomic E-state index is 0.0223. The molecular weight excluding hydrogens is 1020 g/mol. The molecule has 78 heavy (non-hydrogen) atoms. The molecule has 442 valence electrons. The highest BCUT2D eigenvalue weighted by Gasteiger charge is 2.42. The lowest BCUT2D eigenvalue weighted by Crippen LogP contribution is -2.61. The fourth-order valence-electron chi connectivity index (χ4n) is 8.41. The minimum atomic E-state index is -1.66. The number of nitrogens with two attached hydrogens (primary N) is 2. The Morgan fingerprint density at radius 2 is 0.962 bits per heavy atom. The Labute approximate surface area is 455 Å². The van der Waals surface area contributed by atoms with Gasteiger partial charge in [0.15, 0.2) is 0 Å². The van der Waals surface area contributed by atoms with E-state index in [4.69, 9.17) is 16.6 Å². The Bertz CT molecular complexity index is 2140. The molecule has 0 radical (unpaired) electrons. The van der Waals surface area contributed by atoms with Crippen molar-refractivity contribution in [3.05, 3.63) is 0 Å². The van der Waals surface area contributed by atoms with Gasteiger partial charge in [-0.1, -0.05) is 82.1 Å². The SMILES string of the molecule is CC[C@H](C)[C@H](NC(=O)[C@H](C)NC(=O)[C@H](CC(C)C)NC(=O)[C@@H](NC(=O)[C@@H]1CCCN1C(=O)[C@H](CCC(=O)O)NC(=O)[C@@H](NC(=O)[C@@H](N)CCC(=O)O)[C@@H](C)CC)C(C)C)C(=O)N[C@@H](CC(C)C)C(=O)N[C@@H](CC(N)=O)C(=O)O. The van der Waals surface area contributed by atoms with E-state index < -0.39 is 181 Å². The van der Waals surface area contributed by atoms with Crippen LogP contribution in [0.3, 0.4) is 0 Å². The number of carbonyl (C=O) groups is 13. The van der Waals surface area contributed by atoms with E-state index in [0.29, 0.717) is 19.3 Å². The molecule has 1 aliphatic heterocycles. The lowest BCUT2D eigenvalue weighted by Gasteiger charge is -2.32. The lowest BCUT2D eigenvalue weighted by molar-refractivity contribution is -0.144. The zero-order valence-corrected chi connectivity index (χ0v) is 46.9. The van der Waals surface area contributed by atoms with Crippen molar-refractivity contribution in [1.82, 2.24) is 47.4 Å². The molecule has 0 aliphatic carbocycles. The maximum absolute atomic E-state index is 14.2. The maximum atomic E-state index is 14.2. The van der Waals surface area contributed by atoms with Crippen LogP contribution in [0, 0.1) is 29.6 Å². The summed E-state index contributed by atoms with van der Waals surface area (Å²) in [5.74, 6) is -14.2. The van der Waals surface area contributed by atoms with Gasteiger partial charge in [0.2, 0.25) is 59.1 Å². The minimum Gasteiger partial charge on any atom is -0.481 e. The molecule has 1 heterocycles. The molecule has 0 unspecified atom stereocenters. The van der Waals surface area contributed by atoms with E-state index in [-0.39, 0.29) is 44.1 Å². The molecular formula is C51H87N11O16. The first-order valence-corrected chi connectivity index (χ1v) is 26.7. The van der Waals surface area contributed by atoms with Crippen molar-refractivity contribution in [1.29, 1.82) is 0 Å². The van der Waals surface area contributed by atoms with Crippen LogP contribution >= 0.6 is 0 Å². The summed E-state index contributed by atoms with van der Waals surface area (Å²) in [5.41, 5.74) is 11.0.